The lowest BCUT2D eigenvalue weighted by molar-refractivity contribution is 0.187. The molecule has 0 fully saturated rings. The summed E-state index contributed by atoms with van der Waals surface area (Å²) in [5, 5.41) is 17.7. The van der Waals surface area contributed by atoms with E-state index in [2.05, 4.69) is 15.4 Å². The second-order valence-corrected chi connectivity index (χ2v) is 6.34. The zero-order chi connectivity index (χ0) is 19.5. The molecule has 0 spiro atoms. The fourth-order valence-electron chi connectivity index (χ4n) is 3.22. The number of ether oxygens (including phenoxy) is 1. The minimum atomic E-state index is -0.569. The quantitative estimate of drug-likeness (QED) is 0.448. The van der Waals surface area contributed by atoms with Crippen LogP contribution in [0.3, 0.4) is 0 Å². The number of hydrogen-bond donors (Lipinski definition) is 3. The molecule has 1 amide bonds. The number of nitrogens with one attached hydrogen (secondary N) is 2. The van der Waals surface area contributed by atoms with E-state index in [0.29, 0.717) is 11.3 Å². The molecule has 0 atom stereocenters. The molecule has 0 bridgehead atoms. The van der Waals surface area contributed by atoms with E-state index in [0.717, 1.165) is 33.2 Å². The van der Waals surface area contributed by atoms with Gasteiger partial charge >= 0.3 is 6.09 Å². The van der Waals surface area contributed by atoms with Crippen molar-refractivity contribution in [3.63, 3.8) is 0 Å². The fourth-order valence-corrected chi connectivity index (χ4v) is 3.22. The number of fused-ring (bicyclic) bond motifs is 2. The number of carbonyl (C=O) groups is 1. The molecular weight excluding hydrogens is 354 g/mol. The first-order chi connectivity index (χ1) is 13.7. The number of amides is 1. The SMILES string of the molecule is COC(=O)Nc1cc(CO)cc(Nc2c3ccccc3nc3ccccc23)c1. The van der Waals surface area contributed by atoms with Crippen molar-refractivity contribution in [1.29, 1.82) is 0 Å². The molecule has 4 aromatic rings. The number of aliphatic hydroxyl groups is 1. The van der Waals surface area contributed by atoms with Crippen molar-refractivity contribution in [2.24, 2.45) is 0 Å². The monoisotopic (exact) mass is 373 g/mol. The predicted molar refractivity (Wildman–Crippen MR) is 111 cm³/mol. The average molecular weight is 373 g/mol. The van der Waals surface area contributed by atoms with Gasteiger partial charge in [-0.2, -0.15) is 0 Å². The average Bonchev–Trinajstić information content (AvgIpc) is 2.73. The summed E-state index contributed by atoms with van der Waals surface area (Å²) >= 11 is 0. The number of aromatic nitrogens is 1. The summed E-state index contributed by atoms with van der Waals surface area (Å²) in [4.78, 5) is 16.3. The third kappa shape index (κ3) is 3.45. The molecule has 0 aliphatic carbocycles. The number of benzene rings is 3. The molecule has 3 N–H and O–H groups in total. The third-order valence-electron chi connectivity index (χ3n) is 4.46. The van der Waals surface area contributed by atoms with Crippen LogP contribution in [0.4, 0.5) is 21.9 Å². The van der Waals surface area contributed by atoms with Gasteiger partial charge in [0.1, 0.15) is 0 Å². The van der Waals surface area contributed by atoms with E-state index in [1.54, 1.807) is 12.1 Å². The zero-order valence-electron chi connectivity index (χ0n) is 15.3. The van der Waals surface area contributed by atoms with E-state index in [1.165, 1.54) is 7.11 Å². The topological polar surface area (TPSA) is 83.5 Å². The van der Waals surface area contributed by atoms with Crippen molar-refractivity contribution in [1.82, 2.24) is 4.98 Å². The van der Waals surface area contributed by atoms with Crippen molar-refractivity contribution in [2.45, 2.75) is 6.61 Å². The lowest BCUT2D eigenvalue weighted by Gasteiger charge is -2.15. The summed E-state index contributed by atoms with van der Waals surface area (Å²) in [6, 6.07) is 21.2. The molecular formula is C22H19N3O3. The highest BCUT2D eigenvalue weighted by molar-refractivity contribution is 6.08. The molecule has 0 radical (unpaired) electrons. The number of methoxy groups -OCH3 is 1. The van der Waals surface area contributed by atoms with Crippen molar-refractivity contribution >= 4 is 45.0 Å². The van der Waals surface area contributed by atoms with E-state index in [1.807, 2.05) is 54.6 Å². The van der Waals surface area contributed by atoms with Crippen LogP contribution in [0, 0.1) is 0 Å². The zero-order valence-corrected chi connectivity index (χ0v) is 15.3. The number of nitrogens with zero attached hydrogens (tertiary/aromatic N) is 1. The summed E-state index contributed by atoms with van der Waals surface area (Å²) in [6.45, 7) is -0.150. The van der Waals surface area contributed by atoms with Gasteiger partial charge in [0.2, 0.25) is 0 Å². The molecule has 6 heteroatoms. The highest BCUT2D eigenvalue weighted by Gasteiger charge is 2.11. The Balaban J connectivity index is 1.85. The molecule has 0 saturated heterocycles. The number of para-hydroxylation sites is 2. The van der Waals surface area contributed by atoms with Crippen LogP contribution < -0.4 is 10.6 Å². The van der Waals surface area contributed by atoms with Crippen LogP contribution >= 0.6 is 0 Å². The second-order valence-electron chi connectivity index (χ2n) is 6.34. The van der Waals surface area contributed by atoms with Gasteiger partial charge in [-0.3, -0.25) is 5.32 Å². The molecule has 4 rings (SSSR count). The summed E-state index contributed by atoms with van der Waals surface area (Å²) in [7, 11) is 1.31. The van der Waals surface area contributed by atoms with Crippen molar-refractivity contribution in [3.8, 4) is 0 Å². The van der Waals surface area contributed by atoms with E-state index in [9.17, 15) is 9.90 Å². The molecule has 0 aliphatic rings. The van der Waals surface area contributed by atoms with Crippen LogP contribution in [-0.4, -0.2) is 23.3 Å². The Kier molecular flexibility index (Phi) is 4.78. The molecule has 0 saturated carbocycles. The van der Waals surface area contributed by atoms with Crippen LogP contribution in [-0.2, 0) is 11.3 Å². The highest BCUT2D eigenvalue weighted by Crippen LogP contribution is 2.34. The van der Waals surface area contributed by atoms with Gasteiger partial charge in [0.25, 0.3) is 0 Å². The first-order valence-electron chi connectivity index (χ1n) is 8.82. The Morgan fingerprint density at radius 1 is 0.964 bits per heavy atom. The van der Waals surface area contributed by atoms with Gasteiger partial charge in [0, 0.05) is 22.1 Å². The van der Waals surface area contributed by atoms with Crippen molar-refractivity contribution < 1.29 is 14.6 Å². The largest absolute Gasteiger partial charge is 0.453 e. The minimum Gasteiger partial charge on any atom is -0.453 e. The maximum atomic E-state index is 11.6. The molecule has 0 aliphatic heterocycles. The molecule has 28 heavy (non-hydrogen) atoms. The van der Waals surface area contributed by atoms with E-state index in [4.69, 9.17) is 4.98 Å². The van der Waals surface area contributed by atoms with Gasteiger partial charge in [0.05, 0.1) is 30.4 Å². The standard InChI is InChI=1S/C22H19N3O3/c1-28-22(27)24-16-11-14(13-26)10-15(12-16)23-21-17-6-2-4-8-19(17)25-20-9-5-3-7-18(20)21/h2-12,26H,13H2,1H3,(H,23,25)(H,24,27). The Morgan fingerprint density at radius 2 is 1.57 bits per heavy atom. The predicted octanol–water partition coefficient (Wildman–Crippen LogP) is 4.80. The lowest BCUT2D eigenvalue weighted by Crippen LogP contribution is -2.11. The van der Waals surface area contributed by atoms with Crippen LogP contribution in [0.5, 0.6) is 0 Å². The number of pyridine rings is 1. The third-order valence-corrected chi connectivity index (χ3v) is 4.46. The smallest absolute Gasteiger partial charge is 0.411 e. The number of hydrogen-bond acceptors (Lipinski definition) is 5. The van der Waals surface area contributed by atoms with Crippen molar-refractivity contribution in [3.05, 3.63) is 72.3 Å². The van der Waals surface area contributed by atoms with Crippen LogP contribution in [0.15, 0.2) is 66.7 Å². The van der Waals surface area contributed by atoms with Crippen molar-refractivity contribution in [2.75, 3.05) is 17.7 Å². The van der Waals surface area contributed by atoms with Crippen LogP contribution in [0.2, 0.25) is 0 Å². The Hall–Kier alpha value is -3.64. The first kappa shape index (κ1) is 17.8. The maximum absolute atomic E-state index is 11.6. The number of aliphatic hydroxyl groups excluding tert-OH is 1. The van der Waals surface area contributed by atoms with Gasteiger partial charge in [-0.1, -0.05) is 36.4 Å². The second kappa shape index (κ2) is 7.54. The van der Waals surface area contributed by atoms with Gasteiger partial charge < -0.3 is 15.2 Å². The summed E-state index contributed by atoms with van der Waals surface area (Å²) in [6.07, 6.45) is -0.569. The Morgan fingerprint density at radius 3 is 2.18 bits per heavy atom. The van der Waals surface area contributed by atoms with E-state index in [-0.39, 0.29) is 6.61 Å². The minimum absolute atomic E-state index is 0.150. The normalized spacial score (nSPS) is 10.8. The highest BCUT2D eigenvalue weighted by atomic mass is 16.5. The molecule has 6 nitrogen and oxygen atoms in total. The van der Waals surface area contributed by atoms with Gasteiger partial charge in [-0.25, -0.2) is 9.78 Å². The molecule has 1 aromatic heterocycles. The summed E-state index contributed by atoms with van der Waals surface area (Å²) < 4.78 is 4.66. The van der Waals surface area contributed by atoms with Gasteiger partial charge in [-0.05, 0) is 35.9 Å². The van der Waals surface area contributed by atoms with Gasteiger partial charge in [-0.15, -0.1) is 0 Å². The van der Waals surface area contributed by atoms with Crippen LogP contribution in [0.25, 0.3) is 21.8 Å². The van der Waals surface area contributed by atoms with Crippen LogP contribution in [0.1, 0.15) is 5.56 Å². The summed E-state index contributed by atoms with van der Waals surface area (Å²) in [5.74, 6) is 0. The Labute approximate surface area is 161 Å². The molecule has 140 valence electrons. The Bertz CT molecular complexity index is 1120. The van der Waals surface area contributed by atoms with E-state index >= 15 is 0 Å². The summed E-state index contributed by atoms with van der Waals surface area (Å²) in [5.41, 5.74) is 4.62. The lowest BCUT2D eigenvalue weighted by atomic mass is 10.1. The molecule has 0 unspecified atom stereocenters. The molecule has 3 aromatic carbocycles. The molecule has 1 heterocycles. The van der Waals surface area contributed by atoms with Gasteiger partial charge in [0.15, 0.2) is 0 Å². The van der Waals surface area contributed by atoms with E-state index < -0.39 is 6.09 Å². The number of carbonyl (C=O) groups excluding carboxylic acids is 1. The fraction of sp³-hybridized carbons (Fsp3) is 0.0909. The maximum Gasteiger partial charge on any atom is 0.411 e. The number of rotatable bonds is 4. The number of anilines is 3. The first-order valence-corrected chi connectivity index (χ1v) is 8.82.